The van der Waals surface area contributed by atoms with Gasteiger partial charge >= 0.3 is 6.03 Å². The van der Waals surface area contributed by atoms with Crippen LogP contribution in [0.3, 0.4) is 0 Å². The third kappa shape index (κ3) is 3.51. The fourth-order valence-corrected chi connectivity index (χ4v) is 2.09. The van der Waals surface area contributed by atoms with Crippen molar-refractivity contribution in [2.45, 2.75) is 19.5 Å². The third-order valence-electron chi connectivity index (χ3n) is 3.01. The Morgan fingerprint density at radius 2 is 2.05 bits per heavy atom. The van der Waals surface area contributed by atoms with Crippen LogP contribution in [0.2, 0.25) is 0 Å². The molecule has 20 heavy (non-hydrogen) atoms. The fourth-order valence-electron chi connectivity index (χ4n) is 1.88. The standard InChI is InChI=1S/C12H16BrN5O2/c1-8-11(19)18(12(20)16-8)4-3-17(2)7-10-14-5-9(13)6-15-10/h5-6,8H,3-4,7H2,1-2H3,(H,16,20). The Kier molecular flexibility index (Phi) is 4.66. The zero-order valence-electron chi connectivity index (χ0n) is 11.3. The van der Waals surface area contributed by atoms with E-state index < -0.39 is 6.04 Å². The molecule has 1 N–H and O–H groups in total. The summed E-state index contributed by atoms with van der Waals surface area (Å²) in [6.45, 7) is 3.18. The number of rotatable bonds is 5. The molecule has 3 amide bonds. The Morgan fingerprint density at radius 1 is 1.40 bits per heavy atom. The summed E-state index contributed by atoms with van der Waals surface area (Å²) in [5.74, 6) is 0.518. The molecule has 0 aromatic carbocycles. The smallest absolute Gasteiger partial charge is 0.324 e. The number of urea groups is 1. The number of likely N-dealkylation sites (N-methyl/N-ethyl adjacent to an activating group) is 1. The summed E-state index contributed by atoms with van der Waals surface area (Å²) in [4.78, 5) is 34.8. The lowest BCUT2D eigenvalue weighted by atomic mass is 10.3. The zero-order valence-corrected chi connectivity index (χ0v) is 12.9. The largest absolute Gasteiger partial charge is 0.326 e. The summed E-state index contributed by atoms with van der Waals surface area (Å²) in [5.41, 5.74) is 0. The lowest BCUT2D eigenvalue weighted by Crippen LogP contribution is -2.37. The molecular weight excluding hydrogens is 326 g/mol. The summed E-state index contributed by atoms with van der Waals surface area (Å²) >= 11 is 3.28. The van der Waals surface area contributed by atoms with Gasteiger partial charge in [0, 0.05) is 25.5 Å². The van der Waals surface area contributed by atoms with E-state index >= 15 is 0 Å². The topological polar surface area (TPSA) is 78.4 Å². The Morgan fingerprint density at radius 3 is 2.60 bits per heavy atom. The minimum absolute atomic E-state index is 0.178. The van der Waals surface area contributed by atoms with Gasteiger partial charge in [0.1, 0.15) is 11.9 Å². The van der Waals surface area contributed by atoms with Crippen molar-refractivity contribution in [1.29, 1.82) is 0 Å². The van der Waals surface area contributed by atoms with E-state index in [4.69, 9.17) is 0 Å². The molecule has 1 aliphatic heterocycles. The number of amides is 3. The van der Waals surface area contributed by atoms with E-state index in [0.717, 1.165) is 4.47 Å². The lowest BCUT2D eigenvalue weighted by molar-refractivity contribution is -0.127. The molecular formula is C12H16BrN5O2. The van der Waals surface area contributed by atoms with Gasteiger partial charge < -0.3 is 5.32 Å². The van der Waals surface area contributed by atoms with Crippen molar-refractivity contribution < 1.29 is 9.59 Å². The highest BCUT2D eigenvalue weighted by Gasteiger charge is 2.34. The first-order valence-electron chi connectivity index (χ1n) is 6.24. The van der Waals surface area contributed by atoms with Crippen LogP contribution >= 0.6 is 15.9 Å². The minimum Gasteiger partial charge on any atom is -0.326 e. The molecule has 0 bridgehead atoms. The Bertz CT molecular complexity index is 507. The number of hydrogen-bond donors (Lipinski definition) is 1. The molecule has 7 nitrogen and oxygen atoms in total. The predicted molar refractivity (Wildman–Crippen MR) is 75.8 cm³/mol. The van der Waals surface area contributed by atoms with E-state index in [1.165, 1.54) is 4.90 Å². The van der Waals surface area contributed by atoms with Crippen molar-refractivity contribution in [1.82, 2.24) is 25.1 Å². The number of imide groups is 1. The highest BCUT2D eigenvalue weighted by Crippen LogP contribution is 2.07. The van der Waals surface area contributed by atoms with Gasteiger partial charge in [-0.2, -0.15) is 0 Å². The second-order valence-corrected chi connectivity index (χ2v) is 5.63. The van der Waals surface area contributed by atoms with Crippen LogP contribution in [-0.4, -0.2) is 57.9 Å². The summed E-state index contributed by atoms with van der Waals surface area (Å²) in [6, 6.07) is -0.751. The van der Waals surface area contributed by atoms with Crippen molar-refractivity contribution in [2.24, 2.45) is 0 Å². The van der Waals surface area contributed by atoms with Gasteiger partial charge in [0.05, 0.1) is 11.0 Å². The van der Waals surface area contributed by atoms with Crippen LogP contribution in [0.4, 0.5) is 4.79 Å². The molecule has 2 heterocycles. The van der Waals surface area contributed by atoms with Crippen molar-refractivity contribution >= 4 is 27.9 Å². The van der Waals surface area contributed by atoms with Gasteiger partial charge in [0.15, 0.2) is 0 Å². The molecule has 0 aliphatic carbocycles. The van der Waals surface area contributed by atoms with E-state index in [2.05, 4.69) is 31.2 Å². The van der Waals surface area contributed by atoms with Crippen molar-refractivity contribution in [3.63, 3.8) is 0 Å². The average molecular weight is 342 g/mol. The molecule has 0 spiro atoms. The van der Waals surface area contributed by atoms with Gasteiger partial charge in [-0.3, -0.25) is 14.6 Å². The van der Waals surface area contributed by atoms with Crippen LogP contribution < -0.4 is 5.32 Å². The quantitative estimate of drug-likeness (QED) is 0.794. The normalized spacial score (nSPS) is 18.8. The van der Waals surface area contributed by atoms with E-state index in [-0.39, 0.29) is 11.9 Å². The summed E-state index contributed by atoms with van der Waals surface area (Å²) in [7, 11) is 1.90. The van der Waals surface area contributed by atoms with Crippen LogP contribution in [-0.2, 0) is 11.3 Å². The fraction of sp³-hybridized carbons (Fsp3) is 0.500. The van der Waals surface area contributed by atoms with Crippen molar-refractivity contribution in [2.75, 3.05) is 20.1 Å². The Labute approximate surface area is 125 Å². The predicted octanol–water partition coefficient (Wildman–Crippen LogP) is 0.611. The number of carbonyl (C=O) groups excluding carboxylic acids is 2. The highest BCUT2D eigenvalue weighted by atomic mass is 79.9. The lowest BCUT2D eigenvalue weighted by Gasteiger charge is -2.19. The zero-order chi connectivity index (χ0) is 14.7. The minimum atomic E-state index is -0.428. The maximum atomic E-state index is 11.7. The molecule has 2 rings (SSSR count). The Balaban J connectivity index is 1.83. The van der Waals surface area contributed by atoms with Gasteiger partial charge in [0.2, 0.25) is 0 Å². The first-order chi connectivity index (χ1) is 9.47. The molecule has 1 fully saturated rings. The van der Waals surface area contributed by atoms with Gasteiger partial charge in [-0.1, -0.05) is 0 Å². The first-order valence-corrected chi connectivity index (χ1v) is 7.03. The van der Waals surface area contributed by atoms with Crippen molar-refractivity contribution in [3.8, 4) is 0 Å². The van der Waals surface area contributed by atoms with E-state index in [1.54, 1.807) is 19.3 Å². The average Bonchev–Trinajstić information content (AvgIpc) is 2.64. The van der Waals surface area contributed by atoms with Crippen LogP contribution in [0.15, 0.2) is 16.9 Å². The van der Waals surface area contributed by atoms with Crippen LogP contribution in [0.1, 0.15) is 12.7 Å². The number of hydrogen-bond acceptors (Lipinski definition) is 5. The highest BCUT2D eigenvalue weighted by molar-refractivity contribution is 9.10. The maximum Gasteiger partial charge on any atom is 0.324 e. The van der Waals surface area contributed by atoms with Crippen molar-refractivity contribution in [3.05, 3.63) is 22.7 Å². The summed E-state index contributed by atoms with van der Waals surface area (Å²) in [5, 5.41) is 2.59. The molecule has 8 heteroatoms. The van der Waals surface area contributed by atoms with E-state index in [9.17, 15) is 9.59 Å². The second-order valence-electron chi connectivity index (χ2n) is 4.72. The molecule has 1 saturated heterocycles. The third-order valence-corrected chi connectivity index (χ3v) is 3.42. The molecule has 1 aromatic heterocycles. The van der Waals surface area contributed by atoms with Gasteiger partial charge in [-0.05, 0) is 29.9 Å². The summed E-state index contributed by atoms with van der Waals surface area (Å²) < 4.78 is 0.831. The molecule has 1 aliphatic rings. The number of carbonyl (C=O) groups is 2. The van der Waals surface area contributed by atoms with Crippen LogP contribution in [0.5, 0.6) is 0 Å². The molecule has 108 valence electrons. The number of aromatic nitrogens is 2. The maximum absolute atomic E-state index is 11.7. The molecule has 0 radical (unpaired) electrons. The molecule has 1 unspecified atom stereocenters. The SMILES string of the molecule is CC1NC(=O)N(CCN(C)Cc2ncc(Br)cn2)C1=O. The monoisotopic (exact) mass is 341 g/mol. The van der Waals surface area contributed by atoms with Gasteiger partial charge in [-0.15, -0.1) is 0 Å². The number of nitrogens with one attached hydrogen (secondary N) is 1. The molecule has 1 atom stereocenters. The van der Waals surface area contributed by atoms with Crippen LogP contribution in [0.25, 0.3) is 0 Å². The van der Waals surface area contributed by atoms with Gasteiger partial charge in [0.25, 0.3) is 5.91 Å². The summed E-state index contributed by atoms with van der Waals surface area (Å²) in [6.07, 6.45) is 3.38. The first kappa shape index (κ1) is 14.9. The number of halogens is 1. The molecule has 1 aromatic rings. The van der Waals surface area contributed by atoms with E-state index in [0.29, 0.717) is 25.5 Å². The van der Waals surface area contributed by atoms with Crippen LogP contribution in [0, 0.1) is 0 Å². The Hall–Kier alpha value is -1.54. The number of nitrogens with zero attached hydrogens (tertiary/aromatic N) is 4. The second kappa shape index (κ2) is 6.27. The van der Waals surface area contributed by atoms with E-state index in [1.807, 2.05) is 11.9 Å². The molecule has 0 saturated carbocycles. The van der Waals surface area contributed by atoms with Gasteiger partial charge in [-0.25, -0.2) is 14.8 Å².